The molecular formula is C16H17N5O4. The van der Waals surface area contributed by atoms with E-state index < -0.39 is 17.8 Å². The topological polar surface area (TPSA) is 109 Å². The van der Waals surface area contributed by atoms with Gasteiger partial charge in [0.2, 0.25) is 5.89 Å². The summed E-state index contributed by atoms with van der Waals surface area (Å²) in [5.74, 6) is -1.23. The average molecular weight is 343 g/mol. The maximum absolute atomic E-state index is 12.2. The first-order valence-electron chi connectivity index (χ1n) is 7.86. The monoisotopic (exact) mass is 343 g/mol. The highest BCUT2D eigenvalue weighted by atomic mass is 16.4. The van der Waals surface area contributed by atoms with Gasteiger partial charge in [-0.2, -0.15) is 0 Å². The number of likely N-dealkylation sites (N-methyl/N-ethyl adjacent to an activating group) is 1. The van der Waals surface area contributed by atoms with Gasteiger partial charge in [-0.1, -0.05) is 35.4 Å². The van der Waals surface area contributed by atoms with Crippen LogP contribution in [0.2, 0.25) is 0 Å². The van der Waals surface area contributed by atoms with Crippen molar-refractivity contribution in [2.24, 2.45) is 0 Å². The molecule has 2 heterocycles. The minimum absolute atomic E-state index is 0.117. The van der Waals surface area contributed by atoms with Crippen molar-refractivity contribution in [2.75, 3.05) is 25.0 Å². The van der Waals surface area contributed by atoms with E-state index in [9.17, 15) is 14.4 Å². The SMILES string of the molecule is CCN1CCN(C(=O)Nc2nnc(Cc3ccccc3)o2)C(=O)C1=O. The van der Waals surface area contributed by atoms with Crippen LogP contribution in [0.15, 0.2) is 34.7 Å². The second kappa shape index (κ2) is 7.12. The highest BCUT2D eigenvalue weighted by Crippen LogP contribution is 2.13. The summed E-state index contributed by atoms with van der Waals surface area (Å²) in [6, 6.07) is 8.65. The molecule has 1 aromatic carbocycles. The summed E-state index contributed by atoms with van der Waals surface area (Å²) in [4.78, 5) is 38.2. The largest absolute Gasteiger partial charge is 0.407 e. The van der Waals surface area contributed by atoms with Crippen molar-refractivity contribution in [3.05, 3.63) is 41.8 Å². The van der Waals surface area contributed by atoms with E-state index in [-0.39, 0.29) is 12.6 Å². The lowest BCUT2D eigenvalue weighted by Crippen LogP contribution is -2.56. The zero-order valence-electron chi connectivity index (χ0n) is 13.6. The standard InChI is InChI=1S/C16H17N5O4/c1-2-20-8-9-21(14(23)13(20)22)16(24)17-15-19-18-12(25-15)10-11-6-4-3-5-7-11/h3-7H,2,8-10H2,1H3,(H,17,19,24). The fourth-order valence-corrected chi connectivity index (χ4v) is 2.47. The first-order chi connectivity index (χ1) is 12.1. The Hall–Kier alpha value is -3.23. The van der Waals surface area contributed by atoms with Gasteiger partial charge >= 0.3 is 23.9 Å². The third kappa shape index (κ3) is 3.65. The predicted octanol–water partition coefficient (Wildman–Crippen LogP) is 0.883. The lowest BCUT2D eigenvalue weighted by atomic mass is 10.2. The Labute approximate surface area is 143 Å². The smallest absolute Gasteiger partial charge is 0.332 e. The molecule has 0 atom stereocenters. The van der Waals surface area contributed by atoms with Crippen LogP contribution in [0, 0.1) is 0 Å². The second-order valence-electron chi connectivity index (χ2n) is 5.44. The fourth-order valence-electron chi connectivity index (χ4n) is 2.47. The maximum Gasteiger partial charge on any atom is 0.332 e. The Morgan fingerprint density at radius 3 is 2.64 bits per heavy atom. The second-order valence-corrected chi connectivity index (χ2v) is 5.44. The number of nitrogens with zero attached hydrogens (tertiary/aromatic N) is 4. The van der Waals surface area contributed by atoms with Crippen molar-refractivity contribution in [3.63, 3.8) is 0 Å². The molecule has 2 aromatic rings. The van der Waals surface area contributed by atoms with Crippen LogP contribution in [0.25, 0.3) is 0 Å². The van der Waals surface area contributed by atoms with Crippen LogP contribution in [0.3, 0.4) is 0 Å². The van der Waals surface area contributed by atoms with E-state index in [1.54, 1.807) is 6.92 Å². The molecular weight excluding hydrogens is 326 g/mol. The molecule has 3 rings (SSSR count). The molecule has 0 aliphatic carbocycles. The van der Waals surface area contributed by atoms with Crippen LogP contribution in [-0.4, -0.2) is 57.5 Å². The molecule has 4 amide bonds. The number of aromatic nitrogens is 2. The molecule has 9 nitrogen and oxygen atoms in total. The van der Waals surface area contributed by atoms with Crippen molar-refractivity contribution < 1.29 is 18.8 Å². The molecule has 9 heteroatoms. The van der Waals surface area contributed by atoms with Crippen molar-refractivity contribution in [1.29, 1.82) is 0 Å². The molecule has 25 heavy (non-hydrogen) atoms. The third-order valence-corrected chi connectivity index (χ3v) is 3.81. The van der Waals surface area contributed by atoms with Gasteiger partial charge in [-0.05, 0) is 12.5 Å². The van der Waals surface area contributed by atoms with E-state index >= 15 is 0 Å². The zero-order chi connectivity index (χ0) is 17.8. The van der Waals surface area contributed by atoms with Crippen LogP contribution >= 0.6 is 0 Å². The van der Waals surface area contributed by atoms with Crippen LogP contribution in [0.4, 0.5) is 10.8 Å². The van der Waals surface area contributed by atoms with E-state index in [4.69, 9.17) is 4.42 Å². The molecule has 1 fully saturated rings. The number of piperazine rings is 1. The maximum atomic E-state index is 12.2. The summed E-state index contributed by atoms with van der Waals surface area (Å²) < 4.78 is 5.37. The Morgan fingerprint density at radius 1 is 1.16 bits per heavy atom. The Bertz CT molecular complexity index is 789. The Morgan fingerprint density at radius 2 is 1.92 bits per heavy atom. The molecule has 0 spiro atoms. The van der Waals surface area contributed by atoms with E-state index in [2.05, 4.69) is 15.5 Å². The molecule has 130 valence electrons. The average Bonchev–Trinajstić information content (AvgIpc) is 3.05. The fraction of sp³-hybridized carbons (Fsp3) is 0.312. The number of benzene rings is 1. The molecule has 1 aliphatic rings. The molecule has 1 aromatic heterocycles. The quantitative estimate of drug-likeness (QED) is 0.826. The highest BCUT2D eigenvalue weighted by molar-refractivity contribution is 6.38. The minimum Gasteiger partial charge on any atom is -0.407 e. The van der Waals surface area contributed by atoms with Gasteiger partial charge in [-0.25, -0.2) is 4.79 Å². The number of amides is 4. The summed E-state index contributed by atoms with van der Waals surface area (Å²) >= 11 is 0. The summed E-state index contributed by atoms with van der Waals surface area (Å²) in [5.41, 5.74) is 0.987. The zero-order valence-corrected chi connectivity index (χ0v) is 13.6. The van der Waals surface area contributed by atoms with Gasteiger partial charge in [0.25, 0.3) is 0 Å². The summed E-state index contributed by atoms with van der Waals surface area (Å²) in [6.07, 6.45) is 0.427. The lowest BCUT2D eigenvalue weighted by molar-refractivity contribution is -0.153. The number of urea groups is 1. The molecule has 1 saturated heterocycles. The van der Waals surface area contributed by atoms with Gasteiger partial charge < -0.3 is 9.32 Å². The van der Waals surface area contributed by atoms with Crippen molar-refractivity contribution in [2.45, 2.75) is 13.3 Å². The third-order valence-electron chi connectivity index (χ3n) is 3.81. The molecule has 1 N–H and O–H groups in total. The number of anilines is 1. The summed E-state index contributed by atoms with van der Waals surface area (Å²) in [7, 11) is 0. The predicted molar refractivity (Wildman–Crippen MR) is 86.5 cm³/mol. The number of nitrogens with one attached hydrogen (secondary N) is 1. The number of imide groups is 1. The lowest BCUT2D eigenvalue weighted by Gasteiger charge is -2.31. The normalized spacial score (nSPS) is 14.8. The molecule has 1 aliphatic heterocycles. The number of carbonyl (C=O) groups is 3. The molecule has 0 saturated carbocycles. The van der Waals surface area contributed by atoms with Crippen molar-refractivity contribution in [3.8, 4) is 0 Å². The van der Waals surface area contributed by atoms with Gasteiger partial charge in [-0.15, -0.1) is 5.10 Å². The molecule has 0 radical (unpaired) electrons. The first kappa shape index (κ1) is 16.6. The van der Waals surface area contributed by atoms with Gasteiger partial charge in [0.1, 0.15) is 0 Å². The minimum atomic E-state index is -0.866. The van der Waals surface area contributed by atoms with Crippen molar-refractivity contribution >= 4 is 23.9 Å². The van der Waals surface area contributed by atoms with Crippen LogP contribution in [0.1, 0.15) is 18.4 Å². The summed E-state index contributed by atoms with van der Waals surface area (Å²) in [5, 5.41) is 9.96. The highest BCUT2D eigenvalue weighted by Gasteiger charge is 2.35. The first-order valence-corrected chi connectivity index (χ1v) is 7.86. The number of carbonyl (C=O) groups excluding carboxylic acids is 3. The van der Waals surface area contributed by atoms with E-state index in [0.717, 1.165) is 10.5 Å². The van der Waals surface area contributed by atoms with Crippen molar-refractivity contribution in [1.82, 2.24) is 20.0 Å². The van der Waals surface area contributed by atoms with Gasteiger partial charge in [0, 0.05) is 19.6 Å². The van der Waals surface area contributed by atoms with Gasteiger partial charge in [0.15, 0.2) is 0 Å². The number of hydrogen-bond donors (Lipinski definition) is 1. The van der Waals surface area contributed by atoms with E-state index in [0.29, 0.717) is 25.4 Å². The van der Waals surface area contributed by atoms with E-state index in [1.807, 2.05) is 30.3 Å². The van der Waals surface area contributed by atoms with Crippen LogP contribution < -0.4 is 5.32 Å². The van der Waals surface area contributed by atoms with Gasteiger partial charge in [0.05, 0.1) is 6.42 Å². The Kier molecular flexibility index (Phi) is 4.73. The molecule has 0 unspecified atom stereocenters. The van der Waals surface area contributed by atoms with Gasteiger partial charge in [-0.3, -0.25) is 19.8 Å². The van der Waals surface area contributed by atoms with Crippen LogP contribution in [0.5, 0.6) is 0 Å². The van der Waals surface area contributed by atoms with Crippen LogP contribution in [-0.2, 0) is 16.0 Å². The number of hydrogen-bond acceptors (Lipinski definition) is 6. The van der Waals surface area contributed by atoms with E-state index in [1.165, 1.54) is 4.90 Å². The summed E-state index contributed by atoms with van der Waals surface area (Å²) in [6.45, 7) is 2.62. The Balaban J connectivity index is 1.62. The number of rotatable bonds is 4. The molecule has 0 bridgehead atoms.